The largest absolute Gasteiger partial charge is 0.503 e. The van der Waals surface area contributed by atoms with Crippen molar-refractivity contribution in [3.63, 3.8) is 0 Å². The van der Waals surface area contributed by atoms with Crippen molar-refractivity contribution in [2.45, 2.75) is 44.6 Å². The Morgan fingerprint density at radius 2 is 1.90 bits per heavy atom. The minimum atomic E-state index is -0.673. The molecule has 0 radical (unpaired) electrons. The van der Waals surface area contributed by atoms with Gasteiger partial charge in [0.2, 0.25) is 10.9 Å². The van der Waals surface area contributed by atoms with Crippen LogP contribution in [-0.2, 0) is 16.6 Å². The number of amides is 2. The summed E-state index contributed by atoms with van der Waals surface area (Å²) >= 11 is 1.07. The van der Waals surface area contributed by atoms with Crippen molar-refractivity contribution in [2.24, 2.45) is 5.92 Å². The van der Waals surface area contributed by atoms with Gasteiger partial charge in [-0.25, -0.2) is 4.79 Å². The van der Waals surface area contributed by atoms with Gasteiger partial charge in [-0.2, -0.15) is 0 Å². The molecular weight excluding hydrogens is 560 g/mol. The number of H-pyrrole nitrogens is 2. The summed E-state index contributed by atoms with van der Waals surface area (Å²) in [5, 5.41) is 11.8. The number of likely N-dealkylation sites (tertiary alicyclic amines) is 1. The van der Waals surface area contributed by atoms with E-state index in [0.29, 0.717) is 58.7 Å². The molecule has 3 N–H and O–H groups in total. The molecule has 4 aliphatic rings. The first-order valence-corrected chi connectivity index (χ1v) is 15.0. The highest BCUT2D eigenvalue weighted by Gasteiger charge is 2.68. The fourth-order valence-electron chi connectivity index (χ4n) is 6.91. The molecule has 218 valence electrons. The standard InChI is InChI=1S/C30H30N4O7S/c1-29(2,3)41-28(39)34-12-13-11-30(13)16-9-17(31-22(16)19(35)10-20(30)34)26(37)33-7-6-14-15-8-18(27(38)42-5)32-21(15)25(40-4)24(36)23(14)33/h8-10,13,31-32,36H,6-7,11-12H2,1-5H3/t13-,30-/m1/s1. The normalized spacial score (nSPS) is 22.0. The predicted octanol–water partition coefficient (Wildman–Crippen LogP) is 4.50. The molecule has 1 spiro atoms. The van der Waals surface area contributed by atoms with Crippen LogP contribution in [0.5, 0.6) is 11.5 Å². The molecule has 7 rings (SSSR count). The smallest absolute Gasteiger partial charge is 0.414 e. The molecule has 42 heavy (non-hydrogen) atoms. The third-order valence-corrected chi connectivity index (χ3v) is 9.31. The van der Waals surface area contributed by atoms with Crippen molar-refractivity contribution in [3.05, 3.63) is 52.1 Å². The van der Waals surface area contributed by atoms with Gasteiger partial charge in [0.1, 0.15) is 11.3 Å². The van der Waals surface area contributed by atoms with E-state index in [-0.39, 0.29) is 34.0 Å². The van der Waals surface area contributed by atoms with Crippen LogP contribution in [0.25, 0.3) is 10.9 Å². The lowest BCUT2D eigenvalue weighted by molar-refractivity contribution is 0.0322. The second kappa shape index (κ2) is 8.66. The maximum atomic E-state index is 14.0. The molecule has 4 heterocycles. The quantitative estimate of drug-likeness (QED) is 0.404. The maximum Gasteiger partial charge on any atom is 0.414 e. The van der Waals surface area contributed by atoms with Gasteiger partial charge in [0.25, 0.3) is 5.91 Å². The minimum Gasteiger partial charge on any atom is -0.503 e. The zero-order chi connectivity index (χ0) is 29.9. The summed E-state index contributed by atoms with van der Waals surface area (Å²) < 4.78 is 11.1. The number of hydrogen-bond acceptors (Lipinski definition) is 8. The van der Waals surface area contributed by atoms with Crippen molar-refractivity contribution in [1.82, 2.24) is 14.9 Å². The van der Waals surface area contributed by atoms with Crippen LogP contribution in [0.2, 0.25) is 0 Å². The number of piperidine rings is 1. The van der Waals surface area contributed by atoms with E-state index in [2.05, 4.69) is 9.97 Å². The Bertz CT molecular complexity index is 1790. The summed E-state index contributed by atoms with van der Waals surface area (Å²) in [6, 6.07) is 3.45. The fourth-order valence-corrected chi connectivity index (χ4v) is 7.24. The average Bonchev–Trinajstić information content (AvgIpc) is 3.43. The molecule has 1 saturated carbocycles. The predicted molar refractivity (Wildman–Crippen MR) is 156 cm³/mol. The molecule has 1 aromatic carbocycles. The zero-order valence-corrected chi connectivity index (χ0v) is 24.7. The third kappa shape index (κ3) is 3.53. The highest BCUT2D eigenvalue weighted by atomic mass is 32.2. The lowest BCUT2D eigenvalue weighted by atomic mass is 9.85. The van der Waals surface area contributed by atoms with Gasteiger partial charge in [0.15, 0.2) is 11.5 Å². The van der Waals surface area contributed by atoms with E-state index in [1.54, 1.807) is 44.1 Å². The second-order valence-electron chi connectivity index (χ2n) is 12.2. The lowest BCUT2D eigenvalue weighted by Gasteiger charge is -2.30. The van der Waals surface area contributed by atoms with E-state index in [1.165, 1.54) is 18.1 Å². The number of rotatable bonds is 3. The molecule has 3 aromatic rings. The summed E-state index contributed by atoms with van der Waals surface area (Å²) in [5.41, 5.74) is 2.64. The maximum absolute atomic E-state index is 14.0. The first-order chi connectivity index (χ1) is 19.9. The number of nitrogens with zero attached hydrogens (tertiary/aromatic N) is 2. The van der Waals surface area contributed by atoms with Crippen LogP contribution in [0, 0.1) is 5.92 Å². The van der Waals surface area contributed by atoms with E-state index < -0.39 is 23.0 Å². The van der Waals surface area contributed by atoms with Crippen LogP contribution < -0.4 is 9.64 Å². The molecule has 2 aliphatic heterocycles. The van der Waals surface area contributed by atoms with Crippen molar-refractivity contribution < 1.29 is 33.8 Å². The van der Waals surface area contributed by atoms with Crippen LogP contribution in [0.4, 0.5) is 10.5 Å². The minimum absolute atomic E-state index is 0.128. The van der Waals surface area contributed by atoms with E-state index >= 15 is 0 Å². The Morgan fingerprint density at radius 3 is 2.60 bits per heavy atom. The number of benzene rings is 1. The number of methoxy groups -OCH3 is 1. The topological polar surface area (TPSA) is 145 Å². The van der Waals surface area contributed by atoms with Gasteiger partial charge in [0.05, 0.1) is 29.7 Å². The molecule has 12 heteroatoms. The first kappa shape index (κ1) is 26.7. The number of allylic oxidation sites excluding steroid dienone is 2. The number of carbonyl (C=O) groups is 4. The number of aromatic amines is 2. The molecule has 11 nitrogen and oxygen atoms in total. The number of phenols is 1. The highest BCUT2D eigenvalue weighted by molar-refractivity contribution is 8.13. The third-order valence-electron chi connectivity index (χ3n) is 8.72. The number of ether oxygens (including phenoxy) is 2. The molecule has 0 unspecified atom stereocenters. The van der Waals surface area contributed by atoms with Gasteiger partial charge in [-0.05, 0) is 69.0 Å². The summed E-state index contributed by atoms with van der Waals surface area (Å²) in [5.74, 6) is -0.635. The summed E-state index contributed by atoms with van der Waals surface area (Å²) in [6.45, 7) is 6.14. The van der Waals surface area contributed by atoms with E-state index in [0.717, 1.165) is 23.7 Å². The van der Waals surface area contributed by atoms with Gasteiger partial charge >= 0.3 is 6.09 Å². The molecule has 0 bridgehead atoms. The Hall–Kier alpha value is -4.19. The van der Waals surface area contributed by atoms with E-state index in [1.807, 2.05) is 0 Å². The molecule has 2 amide bonds. The van der Waals surface area contributed by atoms with E-state index in [4.69, 9.17) is 9.47 Å². The number of aromatic nitrogens is 2. The second-order valence-corrected chi connectivity index (χ2v) is 13.0. The van der Waals surface area contributed by atoms with Crippen LogP contribution in [-0.4, -0.2) is 74.9 Å². The molecule has 2 fully saturated rings. The summed E-state index contributed by atoms with van der Waals surface area (Å²) in [4.78, 5) is 61.7. The van der Waals surface area contributed by atoms with Crippen LogP contribution in [0.3, 0.4) is 0 Å². The van der Waals surface area contributed by atoms with Crippen LogP contribution in [0.15, 0.2) is 23.9 Å². The van der Waals surface area contributed by atoms with Gasteiger partial charge in [-0.1, -0.05) is 11.8 Å². The van der Waals surface area contributed by atoms with Crippen molar-refractivity contribution in [2.75, 3.05) is 31.4 Å². The number of thioether (sulfide) groups is 1. The Morgan fingerprint density at radius 1 is 1.14 bits per heavy atom. The highest BCUT2D eigenvalue weighted by Crippen LogP contribution is 2.67. The summed E-state index contributed by atoms with van der Waals surface area (Å²) in [6.07, 6.45) is 3.93. The number of anilines is 1. The van der Waals surface area contributed by atoms with Gasteiger partial charge in [-0.3, -0.25) is 19.3 Å². The van der Waals surface area contributed by atoms with Crippen molar-refractivity contribution >= 4 is 51.3 Å². The van der Waals surface area contributed by atoms with Crippen LogP contribution >= 0.6 is 11.8 Å². The van der Waals surface area contributed by atoms with Gasteiger partial charge in [-0.15, -0.1) is 0 Å². The number of hydrogen-bond donors (Lipinski definition) is 3. The molecule has 2 atom stereocenters. The number of phenolic OH excluding ortho intramolecular Hbond substituents is 1. The van der Waals surface area contributed by atoms with Gasteiger partial charge < -0.3 is 29.4 Å². The zero-order valence-electron chi connectivity index (χ0n) is 23.8. The molecule has 2 aromatic heterocycles. The average molecular weight is 591 g/mol. The fraction of sp³-hybridized carbons (Fsp3) is 0.400. The Labute approximate surface area is 245 Å². The molecule has 1 saturated heterocycles. The number of nitrogens with one attached hydrogen (secondary N) is 2. The van der Waals surface area contributed by atoms with Crippen molar-refractivity contribution in [1.29, 1.82) is 0 Å². The van der Waals surface area contributed by atoms with Crippen LogP contribution in [0.1, 0.15) is 69.8 Å². The Kier molecular flexibility index (Phi) is 5.51. The number of carbonyl (C=O) groups excluding carboxylic acids is 4. The Balaban J connectivity index is 1.25. The van der Waals surface area contributed by atoms with Crippen molar-refractivity contribution in [3.8, 4) is 11.5 Å². The number of aromatic hydroxyl groups is 1. The van der Waals surface area contributed by atoms with Gasteiger partial charge in [0, 0.05) is 35.7 Å². The molecule has 2 aliphatic carbocycles. The SMILES string of the molecule is COc1c(O)c2c(c3cc(C(=O)SC)[nH]c13)CCN2C(=O)c1cc2c([nH]1)C(=O)C=C1N(C(=O)OC(C)(C)C)C[C@H]3C[C@]123. The summed E-state index contributed by atoms with van der Waals surface area (Å²) in [7, 11) is 1.42. The lowest BCUT2D eigenvalue weighted by Crippen LogP contribution is -2.37. The number of fused-ring (bicyclic) bond motifs is 4. The molecular formula is C30H30N4O7S. The monoisotopic (exact) mass is 590 g/mol. The number of ketones is 1. The first-order valence-electron chi connectivity index (χ1n) is 13.7. The van der Waals surface area contributed by atoms with E-state index in [9.17, 15) is 24.3 Å².